The monoisotopic (exact) mass is 397 g/mol. The van der Waals surface area contributed by atoms with E-state index >= 15 is 0 Å². The lowest BCUT2D eigenvalue weighted by Crippen LogP contribution is -2.43. The largest absolute Gasteiger partial charge is 0.378 e. The van der Waals surface area contributed by atoms with Gasteiger partial charge in [0.25, 0.3) is 0 Å². The number of rotatable bonds is 7. The number of ether oxygens (including phenoxy) is 1. The molecule has 0 saturated heterocycles. The van der Waals surface area contributed by atoms with E-state index in [4.69, 9.17) is 4.74 Å². The molecule has 0 bridgehead atoms. The highest BCUT2D eigenvalue weighted by Gasteiger charge is 2.16. The molecule has 1 aliphatic carbocycles. The molecule has 1 aliphatic rings. The first-order valence-electron chi connectivity index (χ1n) is 7.76. The smallest absolute Gasteiger partial charge is 0.191 e. The summed E-state index contributed by atoms with van der Waals surface area (Å²) in [5.74, 6) is 1.50. The maximum atomic E-state index is 5.75. The van der Waals surface area contributed by atoms with Crippen molar-refractivity contribution in [1.82, 2.24) is 10.6 Å². The van der Waals surface area contributed by atoms with Crippen molar-refractivity contribution in [2.75, 3.05) is 20.2 Å². The number of hydrogen-bond donors (Lipinski definition) is 2. The number of aliphatic imine (C=N–C) groups is 1. The molecule has 1 saturated carbocycles. The second kappa shape index (κ2) is 11.6. The van der Waals surface area contributed by atoms with Gasteiger partial charge in [-0.1, -0.05) is 26.7 Å². The zero-order valence-corrected chi connectivity index (χ0v) is 15.8. The number of nitrogens with zero attached hydrogens (tertiary/aromatic N) is 1. The van der Waals surface area contributed by atoms with E-state index in [0.29, 0.717) is 18.1 Å². The summed E-state index contributed by atoms with van der Waals surface area (Å²) in [5, 5.41) is 6.90. The fourth-order valence-corrected chi connectivity index (χ4v) is 2.61. The number of guanidine groups is 1. The van der Waals surface area contributed by atoms with E-state index in [9.17, 15) is 0 Å². The minimum atomic E-state index is 0. The van der Waals surface area contributed by atoms with Crippen molar-refractivity contribution in [3.63, 3.8) is 0 Å². The molecule has 0 heterocycles. The fraction of sp³-hybridized carbons (Fsp3) is 0.933. The summed E-state index contributed by atoms with van der Waals surface area (Å²) in [4.78, 5) is 4.29. The third kappa shape index (κ3) is 7.67. The van der Waals surface area contributed by atoms with Crippen molar-refractivity contribution in [2.45, 2.75) is 65.0 Å². The van der Waals surface area contributed by atoms with E-state index < -0.39 is 0 Å². The standard InChI is InChI=1S/C15H31N3O.HI/c1-5-19-14(12(2)3)10-11-17-15(16-4)18-13-8-6-7-9-13;/h12-14H,5-11H2,1-4H3,(H2,16,17,18);1H. The third-order valence-electron chi connectivity index (χ3n) is 3.77. The molecule has 0 radical (unpaired) electrons. The molecule has 0 amide bonds. The highest BCUT2D eigenvalue weighted by atomic mass is 127. The van der Waals surface area contributed by atoms with E-state index in [1.165, 1.54) is 25.7 Å². The van der Waals surface area contributed by atoms with Crippen LogP contribution in [0.25, 0.3) is 0 Å². The molecule has 1 unspecified atom stereocenters. The molecule has 1 rings (SSSR count). The lowest BCUT2D eigenvalue weighted by atomic mass is 10.0. The van der Waals surface area contributed by atoms with Crippen LogP contribution in [0.3, 0.4) is 0 Å². The zero-order chi connectivity index (χ0) is 14.1. The Hall–Kier alpha value is -0.0400. The van der Waals surface area contributed by atoms with Gasteiger partial charge in [0.15, 0.2) is 5.96 Å². The Morgan fingerprint density at radius 1 is 1.30 bits per heavy atom. The lowest BCUT2D eigenvalue weighted by Gasteiger charge is -2.22. The van der Waals surface area contributed by atoms with E-state index in [1.54, 1.807) is 0 Å². The van der Waals surface area contributed by atoms with Crippen LogP contribution in [0.5, 0.6) is 0 Å². The van der Waals surface area contributed by atoms with Crippen LogP contribution in [-0.4, -0.2) is 38.3 Å². The summed E-state index contributed by atoms with van der Waals surface area (Å²) >= 11 is 0. The van der Waals surface area contributed by atoms with Crippen LogP contribution < -0.4 is 10.6 Å². The lowest BCUT2D eigenvalue weighted by molar-refractivity contribution is 0.0258. The van der Waals surface area contributed by atoms with Crippen molar-refractivity contribution in [3.05, 3.63) is 0 Å². The molecule has 20 heavy (non-hydrogen) atoms. The van der Waals surface area contributed by atoms with Gasteiger partial charge >= 0.3 is 0 Å². The summed E-state index contributed by atoms with van der Waals surface area (Å²) in [6.45, 7) is 8.19. The van der Waals surface area contributed by atoms with E-state index in [0.717, 1.165) is 25.5 Å². The Balaban J connectivity index is 0.00000361. The maximum absolute atomic E-state index is 5.75. The molecule has 0 spiro atoms. The minimum Gasteiger partial charge on any atom is -0.378 e. The van der Waals surface area contributed by atoms with Crippen molar-refractivity contribution in [1.29, 1.82) is 0 Å². The van der Waals surface area contributed by atoms with Gasteiger partial charge in [0, 0.05) is 26.2 Å². The molecular weight excluding hydrogens is 365 g/mol. The second-order valence-corrected chi connectivity index (χ2v) is 5.65. The minimum absolute atomic E-state index is 0. The Labute approximate surface area is 141 Å². The van der Waals surface area contributed by atoms with Gasteiger partial charge in [-0.25, -0.2) is 0 Å². The summed E-state index contributed by atoms with van der Waals surface area (Å²) in [7, 11) is 1.84. The highest BCUT2D eigenvalue weighted by molar-refractivity contribution is 14.0. The quantitative estimate of drug-likeness (QED) is 0.394. The summed E-state index contributed by atoms with van der Waals surface area (Å²) in [6, 6.07) is 0.610. The normalized spacial score (nSPS) is 17.9. The molecule has 0 aromatic carbocycles. The molecule has 1 fully saturated rings. The highest BCUT2D eigenvalue weighted by Crippen LogP contribution is 2.17. The number of hydrogen-bond acceptors (Lipinski definition) is 2. The first-order chi connectivity index (χ1) is 9.17. The van der Waals surface area contributed by atoms with Gasteiger partial charge in [0.1, 0.15) is 0 Å². The molecule has 2 N–H and O–H groups in total. The summed E-state index contributed by atoms with van der Waals surface area (Å²) < 4.78 is 5.75. The molecule has 0 aliphatic heterocycles. The Morgan fingerprint density at radius 2 is 1.95 bits per heavy atom. The number of halogens is 1. The maximum Gasteiger partial charge on any atom is 0.191 e. The second-order valence-electron chi connectivity index (χ2n) is 5.65. The molecule has 120 valence electrons. The van der Waals surface area contributed by atoms with Crippen LogP contribution in [0.15, 0.2) is 4.99 Å². The Morgan fingerprint density at radius 3 is 2.45 bits per heavy atom. The average Bonchev–Trinajstić information content (AvgIpc) is 2.89. The Bertz CT molecular complexity index is 266. The average molecular weight is 397 g/mol. The van der Waals surface area contributed by atoms with Crippen LogP contribution in [-0.2, 0) is 4.74 Å². The third-order valence-corrected chi connectivity index (χ3v) is 3.77. The van der Waals surface area contributed by atoms with Crippen molar-refractivity contribution >= 4 is 29.9 Å². The topological polar surface area (TPSA) is 45.6 Å². The molecule has 4 nitrogen and oxygen atoms in total. The van der Waals surface area contributed by atoms with Gasteiger partial charge in [0.2, 0.25) is 0 Å². The van der Waals surface area contributed by atoms with Crippen LogP contribution in [0.4, 0.5) is 0 Å². The SMILES string of the molecule is CCOC(CCNC(=NC)NC1CCCC1)C(C)C.I. The molecule has 1 atom stereocenters. The van der Waals surface area contributed by atoms with Gasteiger partial charge < -0.3 is 15.4 Å². The summed E-state index contributed by atoms with van der Waals surface area (Å²) in [6.07, 6.45) is 6.59. The molecule has 5 heteroatoms. The van der Waals surface area contributed by atoms with Crippen LogP contribution >= 0.6 is 24.0 Å². The predicted molar refractivity (Wildman–Crippen MR) is 97.0 cm³/mol. The Kier molecular flexibility index (Phi) is 11.6. The molecular formula is C15H32IN3O. The first kappa shape index (κ1) is 20.0. The van der Waals surface area contributed by atoms with Crippen molar-refractivity contribution < 1.29 is 4.74 Å². The molecule has 0 aromatic heterocycles. The van der Waals surface area contributed by atoms with Crippen molar-refractivity contribution in [3.8, 4) is 0 Å². The van der Waals surface area contributed by atoms with Gasteiger partial charge in [-0.05, 0) is 32.1 Å². The van der Waals surface area contributed by atoms with Crippen LogP contribution in [0.2, 0.25) is 0 Å². The van der Waals surface area contributed by atoms with E-state index in [-0.39, 0.29) is 24.0 Å². The van der Waals surface area contributed by atoms with Gasteiger partial charge in [-0.3, -0.25) is 4.99 Å². The van der Waals surface area contributed by atoms with Crippen LogP contribution in [0.1, 0.15) is 52.9 Å². The van der Waals surface area contributed by atoms with E-state index in [2.05, 4.69) is 36.4 Å². The van der Waals surface area contributed by atoms with Gasteiger partial charge in [-0.2, -0.15) is 0 Å². The molecule has 0 aromatic rings. The van der Waals surface area contributed by atoms with Crippen LogP contribution in [0, 0.1) is 5.92 Å². The van der Waals surface area contributed by atoms with Gasteiger partial charge in [0.05, 0.1) is 6.10 Å². The van der Waals surface area contributed by atoms with Crippen molar-refractivity contribution in [2.24, 2.45) is 10.9 Å². The fourth-order valence-electron chi connectivity index (χ4n) is 2.61. The zero-order valence-electron chi connectivity index (χ0n) is 13.4. The summed E-state index contributed by atoms with van der Waals surface area (Å²) in [5.41, 5.74) is 0. The first-order valence-corrected chi connectivity index (χ1v) is 7.76. The number of nitrogens with one attached hydrogen (secondary N) is 2. The predicted octanol–water partition coefficient (Wildman–Crippen LogP) is 3.16. The van der Waals surface area contributed by atoms with Gasteiger partial charge in [-0.15, -0.1) is 24.0 Å². The van der Waals surface area contributed by atoms with E-state index in [1.807, 2.05) is 7.05 Å².